The Labute approximate surface area is 150 Å². The number of ether oxygens (including phenoxy) is 1. The predicted molar refractivity (Wildman–Crippen MR) is 85.3 cm³/mol. The summed E-state index contributed by atoms with van der Waals surface area (Å²) >= 11 is 5.80. The van der Waals surface area contributed by atoms with E-state index in [0.29, 0.717) is 4.68 Å². The van der Waals surface area contributed by atoms with Crippen LogP contribution in [0.5, 0.6) is 5.75 Å². The lowest BCUT2D eigenvalue weighted by molar-refractivity contribution is -0.143. The number of nitrogens with zero attached hydrogens (tertiary/aromatic N) is 3. The molecule has 2 heterocycles. The van der Waals surface area contributed by atoms with E-state index in [-0.39, 0.29) is 35.8 Å². The number of anilines is 1. The number of amides is 1. The van der Waals surface area contributed by atoms with E-state index in [2.05, 4.69) is 11.0 Å². The van der Waals surface area contributed by atoms with E-state index in [1.165, 1.54) is 0 Å². The van der Waals surface area contributed by atoms with Crippen molar-refractivity contribution in [3.8, 4) is 29.4 Å². The van der Waals surface area contributed by atoms with E-state index in [0.717, 1.165) is 24.1 Å². The Morgan fingerprint density at radius 3 is 2.69 bits per heavy atom. The van der Waals surface area contributed by atoms with Crippen molar-refractivity contribution in [2.45, 2.75) is 6.18 Å². The van der Waals surface area contributed by atoms with Gasteiger partial charge in [0.2, 0.25) is 0 Å². The molecule has 0 bridgehead atoms. The number of hydrogen-bond donors (Lipinski definition) is 0. The van der Waals surface area contributed by atoms with Crippen LogP contribution in [0.2, 0.25) is 5.02 Å². The molecule has 1 aromatic carbocycles. The zero-order chi connectivity index (χ0) is 19.2. The van der Waals surface area contributed by atoms with Crippen LogP contribution in [-0.2, 0) is 18.0 Å². The molecule has 0 radical (unpaired) electrons. The maximum atomic E-state index is 14.6. The van der Waals surface area contributed by atoms with Gasteiger partial charge in [0, 0.05) is 18.7 Å². The molecule has 0 spiro atoms. The molecular weight excluding hydrogens is 378 g/mol. The summed E-state index contributed by atoms with van der Waals surface area (Å²) in [6.07, 6.45) is 0.447. The monoisotopic (exact) mass is 387 g/mol. The van der Waals surface area contributed by atoms with Crippen molar-refractivity contribution >= 4 is 23.2 Å². The lowest BCUT2D eigenvalue weighted by atomic mass is 10.1. The third kappa shape index (κ3) is 2.86. The van der Waals surface area contributed by atoms with Gasteiger partial charge in [-0.2, -0.15) is 18.3 Å². The van der Waals surface area contributed by atoms with Crippen molar-refractivity contribution in [1.82, 2.24) is 9.78 Å². The summed E-state index contributed by atoms with van der Waals surface area (Å²) in [6.45, 7) is -0.431. The number of fused-ring (bicyclic) bond motifs is 1. The van der Waals surface area contributed by atoms with Crippen LogP contribution in [0.15, 0.2) is 12.1 Å². The fraction of sp³-hybridized carbons (Fsp3) is 0.250. The number of alkyl halides is 3. The van der Waals surface area contributed by atoms with Gasteiger partial charge < -0.3 is 4.74 Å². The highest BCUT2D eigenvalue weighted by molar-refractivity contribution is 6.33. The van der Waals surface area contributed by atoms with E-state index in [4.69, 9.17) is 22.8 Å². The van der Waals surface area contributed by atoms with Crippen LogP contribution in [-0.4, -0.2) is 28.8 Å². The third-order valence-electron chi connectivity index (χ3n) is 3.75. The minimum atomic E-state index is -4.76. The molecule has 0 N–H and O–H groups in total. The lowest BCUT2D eigenvalue weighted by Crippen LogP contribution is -2.39. The molecule has 10 heteroatoms. The first-order chi connectivity index (χ1) is 12.1. The minimum Gasteiger partial charge on any atom is -0.482 e. The van der Waals surface area contributed by atoms with Gasteiger partial charge in [-0.15, -0.1) is 6.42 Å². The number of hydrogen-bond acceptors (Lipinski definition) is 3. The second kappa shape index (κ2) is 6.21. The van der Waals surface area contributed by atoms with Crippen molar-refractivity contribution in [2.24, 2.45) is 7.05 Å². The summed E-state index contributed by atoms with van der Waals surface area (Å²) in [6, 6.07) is 2.10. The Morgan fingerprint density at radius 2 is 2.12 bits per heavy atom. The molecule has 2 aromatic rings. The Balaban J connectivity index is 2.15. The Bertz CT molecular complexity index is 946. The molecule has 26 heavy (non-hydrogen) atoms. The van der Waals surface area contributed by atoms with Gasteiger partial charge in [0.15, 0.2) is 12.3 Å². The molecule has 0 unspecified atom stereocenters. The van der Waals surface area contributed by atoms with Gasteiger partial charge in [-0.05, 0) is 6.07 Å². The van der Waals surface area contributed by atoms with Crippen molar-refractivity contribution in [3.05, 3.63) is 28.7 Å². The van der Waals surface area contributed by atoms with Gasteiger partial charge in [0.1, 0.15) is 17.3 Å². The summed E-state index contributed by atoms with van der Waals surface area (Å²) < 4.78 is 59.6. The van der Waals surface area contributed by atoms with E-state index in [1.807, 2.05) is 0 Å². The Kier molecular flexibility index (Phi) is 4.32. The van der Waals surface area contributed by atoms with Gasteiger partial charge in [-0.25, -0.2) is 4.39 Å². The number of aromatic nitrogens is 2. The fourth-order valence-corrected chi connectivity index (χ4v) is 3.01. The molecule has 1 aromatic heterocycles. The number of halogens is 5. The predicted octanol–water partition coefficient (Wildman–Crippen LogP) is 3.26. The molecule has 1 aliphatic rings. The second-order valence-electron chi connectivity index (χ2n) is 5.41. The van der Waals surface area contributed by atoms with Gasteiger partial charge in [0.25, 0.3) is 5.91 Å². The first-order valence-electron chi connectivity index (χ1n) is 7.15. The number of carbonyl (C=O) groups excluding carboxylic acids is 1. The third-order valence-corrected chi connectivity index (χ3v) is 4.11. The summed E-state index contributed by atoms with van der Waals surface area (Å²) in [5, 5.41) is 2.95. The molecule has 1 amide bonds. The van der Waals surface area contributed by atoms with E-state index < -0.39 is 28.6 Å². The molecule has 1 aliphatic heterocycles. The first-order valence-corrected chi connectivity index (χ1v) is 7.53. The van der Waals surface area contributed by atoms with Gasteiger partial charge in [-0.3, -0.25) is 14.4 Å². The molecule has 0 aliphatic carbocycles. The zero-order valence-electron chi connectivity index (χ0n) is 13.2. The van der Waals surface area contributed by atoms with E-state index in [9.17, 15) is 22.4 Å². The summed E-state index contributed by atoms with van der Waals surface area (Å²) in [5.74, 6) is 0.987. The highest BCUT2D eigenvalue weighted by Crippen LogP contribution is 2.43. The molecule has 0 atom stereocenters. The number of rotatable bonds is 2. The first kappa shape index (κ1) is 18.1. The van der Waals surface area contributed by atoms with Crippen molar-refractivity contribution < 1.29 is 27.1 Å². The zero-order valence-corrected chi connectivity index (χ0v) is 14.0. The smallest absolute Gasteiger partial charge is 0.434 e. The van der Waals surface area contributed by atoms with Crippen LogP contribution in [0.3, 0.4) is 0 Å². The van der Waals surface area contributed by atoms with Crippen molar-refractivity contribution in [1.29, 1.82) is 0 Å². The summed E-state index contributed by atoms with van der Waals surface area (Å²) in [7, 11) is 1.05. The number of benzene rings is 1. The quantitative estimate of drug-likeness (QED) is 0.587. The maximum absolute atomic E-state index is 14.6. The molecule has 5 nitrogen and oxygen atoms in total. The molecule has 0 fully saturated rings. The minimum absolute atomic E-state index is 0.0866. The Morgan fingerprint density at radius 1 is 1.42 bits per heavy atom. The second-order valence-corrected chi connectivity index (χ2v) is 5.78. The standard InChI is InChI=1S/C16H10ClF4N3O2/c1-3-4-24-10-6-9(18)8(5-11(10)26-7-12(24)25)14-13(17)15(16(19,20)21)23(2)22-14/h1,5-6H,4,7H2,2H3. The number of terminal acetylenes is 1. The highest BCUT2D eigenvalue weighted by atomic mass is 35.5. The number of carbonyl (C=O) groups is 1. The molecule has 0 saturated carbocycles. The topological polar surface area (TPSA) is 47.4 Å². The van der Waals surface area contributed by atoms with Crippen molar-refractivity contribution in [2.75, 3.05) is 18.1 Å². The van der Waals surface area contributed by atoms with Crippen LogP contribution in [0.25, 0.3) is 11.3 Å². The molecule has 3 rings (SSSR count). The van der Waals surface area contributed by atoms with Crippen LogP contribution >= 0.6 is 11.6 Å². The summed E-state index contributed by atoms with van der Waals surface area (Å²) in [4.78, 5) is 13.0. The van der Waals surface area contributed by atoms with E-state index in [1.54, 1.807) is 0 Å². The van der Waals surface area contributed by atoms with Gasteiger partial charge in [0.05, 0.1) is 17.3 Å². The largest absolute Gasteiger partial charge is 0.482 e. The highest BCUT2D eigenvalue weighted by Gasteiger charge is 2.39. The van der Waals surface area contributed by atoms with Crippen molar-refractivity contribution in [3.63, 3.8) is 0 Å². The van der Waals surface area contributed by atoms with Crippen LogP contribution in [0, 0.1) is 18.2 Å². The van der Waals surface area contributed by atoms with Crippen LogP contribution in [0.1, 0.15) is 5.69 Å². The van der Waals surface area contributed by atoms with Gasteiger partial charge in [-0.1, -0.05) is 17.5 Å². The van der Waals surface area contributed by atoms with Crippen LogP contribution in [0.4, 0.5) is 23.2 Å². The molecular formula is C16H10ClF4N3O2. The average molecular weight is 388 g/mol. The van der Waals surface area contributed by atoms with E-state index >= 15 is 0 Å². The maximum Gasteiger partial charge on any atom is 0.434 e. The molecule has 136 valence electrons. The van der Waals surface area contributed by atoms with Crippen LogP contribution < -0.4 is 9.64 Å². The van der Waals surface area contributed by atoms with Gasteiger partial charge >= 0.3 is 6.18 Å². The summed E-state index contributed by atoms with van der Waals surface area (Å²) in [5.41, 5.74) is -1.78. The number of aryl methyl sites for hydroxylation is 1. The normalized spacial score (nSPS) is 14.0. The average Bonchev–Trinajstić information content (AvgIpc) is 2.84. The Hall–Kier alpha value is -2.73. The lowest BCUT2D eigenvalue weighted by Gasteiger charge is -2.28. The SMILES string of the molecule is C#CCN1C(=O)COc2cc(-c3nn(C)c(C(F)(F)F)c3Cl)c(F)cc21. The fourth-order valence-electron chi connectivity index (χ4n) is 2.65. The molecule has 0 saturated heterocycles.